The second kappa shape index (κ2) is 6.51. The number of hydrogen-bond donors (Lipinski definition) is 2. The number of sulfone groups is 1. The lowest BCUT2D eigenvalue weighted by Crippen LogP contribution is -2.36. The van der Waals surface area contributed by atoms with E-state index in [1.165, 1.54) is 6.92 Å². The van der Waals surface area contributed by atoms with Crippen LogP contribution in [-0.4, -0.2) is 32.4 Å². The summed E-state index contributed by atoms with van der Waals surface area (Å²) in [6.45, 7) is 1.74. The monoisotopic (exact) mass is 270 g/mol. The summed E-state index contributed by atoms with van der Waals surface area (Å²) in [5.41, 5.74) is 6.77. The van der Waals surface area contributed by atoms with Crippen molar-refractivity contribution in [1.29, 1.82) is 0 Å². The molecule has 1 amide bonds. The molecular formula is C12H18N2O3S. The Bertz CT molecular complexity index is 485. The molecule has 0 saturated carbocycles. The van der Waals surface area contributed by atoms with Gasteiger partial charge in [0.05, 0.1) is 0 Å². The number of benzene rings is 1. The Kier molecular flexibility index (Phi) is 5.30. The number of amides is 1. The van der Waals surface area contributed by atoms with Gasteiger partial charge in [-0.05, 0) is 5.56 Å². The van der Waals surface area contributed by atoms with E-state index in [0.29, 0.717) is 0 Å². The predicted octanol–water partition coefficient (Wildman–Crippen LogP) is 0.237. The van der Waals surface area contributed by atoms with Gasteiger partial charge in [-0.25, -0.2) is 8.42 Å². The highest BCUT2D eigenvalue weighted by Gasteiger charge is 2.15. The maximum atomic E-state index is 11.4. The number of nitrogens with two attached hydrogens (primary N) is 1. The zero-order valence-electron chi connectivity index (χ0n) is 10.3. The third-order valence-corrected chi connectivity index (χ3v) is 4.12. The summed E-state index contributed by atoms with van der Waals surface area (Å²) in [5, 5.41) is 2.53. The Morgan fingerprint density at radius 2 is 1.94 bits per heavy atom. The molecule has 1 atom stereocenters. The molecule has 0 aliphatic rings. The highest BCUT2D eigenvalue weighted by molar-refractivity contribution is 7.92. The van der Waals surface area contributed by atoms with Crippen molar-refractivity contribution in [3.05, 3.63) is 35.9 Å². The summed E-state index contributed by atoms with van der Waals surface area (Å²) in [7, 11) is -3.28. The fraction of sp³-hybridized carbons (Fsp3) is 0.417. The first-order valence-corrected chi connectivity index (χ1v) is 7.54. The van der Waals surface area contributed by atoms with Gasteiger partial charge in [0.2, 0.25) is 5.91 Å². The molecule has 6 heteroatoms. The highest BCUT2D eigenvalue weighted by Crippen LogP contribution is 2.07. The summed E-state index contributed by atoms with van der Waals surface area (Å²) in [5.74, 6) is -1.03. The van der Waals surface area contributed by atoms with Crippen LogP contribution in [0, 0.1) is 0 Å². The number of rotatable bonds is 6. The van der Waals surface area contributed by atoms with Crippen molar-refractivity contribution < 1.29 is 13.2 Å². The van der Waals surface area contributed by atoms with Crippen molar-refractivity contribution in [3.8, 4) is 0 Å². The smallest absolute Gasteiger partial charge is 0.235 e. The van der Waals surface area contributed by atoms with Gasteiger partial charge in [0.25, 0.3) is 0 Å². The van der Waals surface area contributed by atoms with Crippen LogP contribution < -0.4 is 11.1 Å². The molecule has 1 unspecified atom stereocenters. The predicted molar refractivity (Wildman–Crippen MR) is 70.7 cm³/mol. The topological polar surface area (TPSA) is 89.3 Å². The molecule has 0 saturated heterocycles. The van der Waals surface area contributed by atoms with E-state index in [-0.39, 0.29) is 18.3 Å². The molecule has 0 fully saturated rings. The quantitative estimate of drug-likeness (QED) is 0.774. The Morgan fingerprint density at radius 3 is 2.50 bits per heavy atom. The van der Waals surface area contributed by atoms with E-state index < -0.39 is 21.5 Å². The average molecular weight is 270 g/mol. The first-order chi connectivity index (χ1) is 8.44. The zero-order chi connectivity index (χ0) is 13.6. The van der Waals surface area contributed by atoms with Crippen LogP contribution in [-0.2, 0) is 14.6 Å². The van der Waals surface area contributed by atoms with Crippen LogP contribution in [0.25, 0.3) is 0 Å². The van der Waals surface area contributed by atoms with Crippen molar-refractivity contribution in [3.63, 3.8) is 0 Å². The number of hydrogen-bond acceptors (Lipinski definition) is 4. The summed E-state index contributed by atoms with van der Waals surface area (Å²) in [6, 6.07) is 8.98. The SMILES string of the molecule is CCS(=O)(=O)CC(=O)NCC(N)c1ccccc1. The van der Waals surface area contributed by atoms with Crippen LogP contribution in [0.3, 0.4) is 0 Å². The molecule has 0 aliphatic heterocycles. The third-order valence-electron chi connectivity index (χ3n) is 2.54. The van der Waals surface area contributed by atoms with E-state index in [4.69, 9.17) is 5.73 Å². The van der Waals surface area contributed by atoms with Crippen molar-refractivity contribution in [2.45, 2.75) is 13.0 Å². The van der Waals surface area contributed by atoms with E-state index >= 15 is 0 Å². The van der Waals surface area contributed by atoms with Gasteiger partial charge in [0, 0.05) is 18.3 Å². The summed E-state index contributed by atoms with van der Waals surface area (Å²) in [6.07, 6.45) is 0. The molecule has 3 N–H and O–H groups in total. The van der Waals surface area contributed by atoms with Crippen molar-refractivity contribution >= 4 is 15.7 Å². The largest absolute Gasteiger partial charge is 0.353 e. The molecule has 1 rings (SSSR count). The molecule has 0 heterocycles. The van der Waals surface area contributed by atoms with Gasteiger partial charge in [-0.15, -0.1) is 0 Å². The lowest BCUT2D eigenvalue weighted by molar-refractivity contribution is -0.118. The fourth-order valence-corrected chi connectivity index (χ4v) is 2.10. The van der Waals surface area contributed by atoms with Crippen LogP contribution in [0.4, 0.5) is 0 Å². The minimum Gasteiger partial charge on any atom is -0.353 e. The molecule has 18 heavy (non-hydrogen) atoms. The van der Waals surface area contributed by atoms with E-state index in [1.807, 2.05) is 30.3 Å². The lowest BCUT2D eigenvalue weighted by atomic mass is 10.1. The van der Waals surface area contributed by atoms with Crippen LogP contribution in [0.5, 0.6) is 0 Å². The third kappa shape index (κ3) is 4.85. The van der Waals surface area contributed by atoms with E-state index in [0.717, 1.165) is 5.56 Å². The van der Waals surface area contributed by atoms with Gasteiger partial charge in [0.1, 0.15) is 5.75 Å². The first-order valence-electron chi connectivity index (χ1n) is 5.72. The Balaban J connectivity index is 2.44. The number of carbonyl (C=O) groups excluding carboxylic acids is 1. The molecule has 1 aromatic rings. The van der Waals surface area contributed by atoms with Crippen molar-refractivity contribution in [2.75, 3.05) is 18.1 Å². The molecule has 0 bridgehead atoms. The molecule has 5 nitrogen and oxygen atoms in total. The number of carbonyl (C=O) groups is 1. The Morgan fingerprint density at radius 1 is 1.33 bits per heavy atom. The molecule has 100 valence electrons. The second-order valence-corrected chi connectivity index (χ2v) is 6.35. The Labute approximate surface area is 107 Å². The second-order valence-electron chi connectivity index (χ2n) is 4.00. The molecule has 0 spiro atoms. The Hall–Kier alpha value is -1.40. The highest BCUT2D eigenvalue weighted by atomic mass is 32.2. The maximum Gasteiger partial charge on any atom is 0.235 e. The molecule has 0 radical (unpaired) electrons. The fourth-order valence-electron chi connectivity index (χ4n) is 1.39. The van der Waals surface area contributed by atoms with Gasteiger partial charge in [-0.2, -0.15) is 0 Å². The van der Waals surface area contributed by atoms with Crippen LogP contribution >= 0.6 is 0 Å². The summed E-state index contributed by atoms with van der Waals surface area (Å²) >= 11 is 0. The first kappa shape index (κ1) is 14.7. The standard InChI is InChI=1S/C12H18N2O3S/c1-2-18(16,17)9-12(15)14-8-11(13)10-6-4-3-5-7-10/h3-7,11H,2,8-9,13H2,1H3,(H,14,15). The van der Waals surface area contributed by atoms with Gasteiger partial charge in [-0.3, -0.25) is 4.79 Å². The van der Waals surface area contributed by atoms with Crippen molar-refractivity contribution in [2.24, 2.45) is 5.73 Å². The van der Waals surface area contributed by atoms with Crippen LogP contribution in [0.1, 0.15) is 18.5 Å². The molecule has 1 aromatic carbocycles. The van der Waals surface area contributed by atoms with Crippen LogP contribution in [0.15, 0.2) is 30.3 Å². The average Bonchev–Trinajstić information content (AvgIpc) is 2.36. The normalized spacial score (nSPS) is 13.0. The van der Waals surface area contributed by atoms with E-state index in [2.05, 4.69) is 5.32 Å². The molecule has 0 aromatic heterocycles. The zero-order valence-corrected chi connectivity index (χ0v) is 11.1. The minimum atomic E-state index is -3.28. The summed E-state index contributed by atoms with van der Waals surface area (Å²) in [4.78, 5) is 11.4. The van der Waals surface area contributed by atoms with Gasteiger partial charge in [0.15, 0.2) is 9.84 Å². The van der Waals surface area contributed by atoms with Gasteiger partial charge in [-0.1, -0.05) is 37.3 Å². The van der Waals surface area contributed by atoms with E-state index in [1.54, 1.807) is 0 Å². The lowest BCUT2D eigenvalue weighted by Gasteiger charge is -2.13. The van der Waals surface area contributed by atoms with Crippen molar-refractivity contribution in [1.82, 2.24) is 5.32 Å². The molecular weight excluding hydrogens is 252 g/mol. The van der Waals surface area contributed by atoms with Crippen LogP contribution in [0.2, 0.25) is 0 Å². The molecule has 0 aliphatic carbocycles. The van der Waals surface area contributed by atoms with Gasteiger partial charge < -0.3 is 11.1 Å². The maximum absolute atomic E-state index is 11.4. The summed E-state index contributed by atoms with van der Waals surface area (Å²) < 4.78 is 22.5. The minimum absolute atomic E-state index is 0.0365. The van der Waals surface area contributed by atoms with E-state index in [9.17, 15) is 13.2 Å². The number of nitrogens with one attached hydrogen (secondary N) is 1. The van der Waals surface area contributed by atoms with Gasteiger partial charge >= 0.3 is 0 Å².